The summed E-state index contributed by atoms with van der Waals surface area (Å²) in [6.45, 7) is 0.293. The van der Waals surface area contributed by atoms with Gasteiger partial charge in [-0.2, -0.15) is 10.5 Å². The van der Waals surface area contributed by atoms with Crippen molar-refractivity contribution in [1.29, 1.82) is 10.5 Å². The first-order valence-corrected chi connectivity index (χ1v) is 5.72. The monoisotopic (exact) mass is 231 g/mol. The van der Waals surface area contributed by atoms with Crippen molar-refractivity contribution in [3.05, 3.63) is 0 Å². The van der Waals surface area contributed by atoms with Gasteiger partial charge in [-0.3, -0.25) is 9.59 Å². The number of nitriles is 2. The molecule has 2 aliphatic rings. The highest BCUT2D eigenvalue weighted by Crippen LogP contribution is 2.48. The lowest BCUT2D eigenvalue weighted by Gasteiger charge is -2.45. The number of hydrogen-bond acceptors (Lipinski definition) is 4. The Balaban J connectivity index is 2.36. The Hall–Kier alpha value is -1.88. The Morgan fingerprint density at radius 2 is 1.82 bits per heavy atom. The van der Waals surface area contributed by atoms with Gasteiger partial charge in [0.25, 0.3) is 0 Å². The number of carbonyl (C=O) groups is 2. The summed E-state index contributed by atoms with van der Waals surface area (Å²) in [4.78, 5) is 23.0. The summed E-state index contributed by atoms with van der Waals surface area (Å²) in [5, 5.41) is 20.9. The van der Waals surface area contributed by atoms with Crippen LogP contribution < -0.4 is 5.32 Å². The van der Waals surface area contributed by atoms with Crippen molar-refractivity contribution in [2.24, 2.45) is 17.3 Å². The number of carbonyl (C=O) groups excluding carboxylic acids is 2. The molecule has 2 rings (SSSR count). The van der Waals surface area contributed by atoms with Crippen molar-refractivity contribution in [3.8, 4) is 12.1 Å². The molecule has 17 heavy (non-hydrogen) atoms. The molecule has 0 aromatic rings. The molecule has 88 valence electrons. The molecule has 0 radical (unpaired) electrons. The highest BCUT2D eigenvalue weighted by molar-refractivity contribution is 5.85. The molecular weight excluding hydrogens is 218 g/mol. The normalized spacial score (nSPS) is 31.4. The molecule has 1 saturated carbocycles. The highest BCUT2D eigenvalue weighted by atomic mass is 16.2. The van der Waals surface area contributed by atoms with Gasteiger partial charge in [0, 0.05) is 24.8 Å². The Labute approximate surface area is 99.4 Å². The van der Waals surface area contributed by atoms with Gasteiger partial charge in [0.2, 0.25) is 5.91 Å². The Morgan fingerprint density at radius 3 is 2.35 bits per heavy atom. The predicted octanol–water partition coefficient (Wildman–Crippen LogP) is 0.525. The van der Waals surface area contributed by atoms with Crippen LogP contribution in [0.2, 0.25) is 0 Å². The molecular formula is C12H13N3O2. The number of nitrogens with one attached hydrogen (secondary N) is 1. The third-order valence-electron chi connectivity index (χ3n) is 4.04. The van der Waals surface area contributed by atoms with Crippen molar-refractivity contribution in [2.45, 2.75) is 25.7 Å². The van der Waals surface area contributed by atoms with E-state index < -0.39 is 11.3 Å². The van der Waals surface area contributed by atoms with Crippen LogP contribution in [-0.4, -0.2) is 18.2 Å². The molecule has 1 amide bonds. The molecule has 2 atom stereocenters. The van der Waals surface area contributed by atoms with E-state index in [9.17, 15) is 14.9 Å². The van der Waals surface area contributed by atoms with Gasteiger partial charge in [-0.15, -0.1) is 0 Å². The third kappa shape index (κ3) is 1.68. The van der Waals surface area contributed by atoms with Gasteiger partial charge in [-0.25, -0.2) is 0 Å². The summed E-state index contributed by atoms with van der Waals surface area (Å²) < 4.78 is 0. The number of amides is 1. The Bertz CT molecular complexity index is 434. The Morgan fingerprint density at radius 1 is 1.18 bits per heavy atom. The standard InChI is InChI=1S/C12H13N3O2/c13-5-8-7-15-11(17)10(6-14)12(8)3-1-9(16)2-4-12/h8,10H,1-4,7H2,(H,15,17). The molecule has 0 bridgehead atoms. The minimum atomic E-state index is -0.797. The minimum Gasteiger partial charge on any atom is -0.354 e. The number of ketones is 1. The maximum Gasteiger partial charge on any atom is 0.238 e. The summed E-state index contributed by atoms with van der Waals surface area (Å²) in [7, 11) is 0. The van der Waals surface area contributed by atoms with Gasteiger partial charge in [0.05, 0.1) is 18.1 Å². The van der Waals surface area contributed by atoms with Crippen LogP contribution in [0.15, 0.2) is 0 Å². The molecule has 1 aliphatic carbocycles. The molecule has 2 unspecified atom stereocenters. The van der Waals surface area contributed by atoms with Crippen LogP contribution in [0.4, 0.5) is 0 Å². The smallest absolute Gasteiger partial charge is 0.238 e. The van der Waals surface area contributed by atoms with E-state index in [1.165, 1.54) is 0 Å². The second-order valence-corrected chi connectivity index (χ2v) is 4.76. The number of Topliss-reactive ketones (excluding diaryl/α,β-unsaturated/α-hetero) is 1. The second kappa shape index (κ2) is 4.18. The van der Waals surface area contributed by atoms with Crippen molar-refractivity contribution in [2.75, 3.05) is 6.54 Å². The first-order valence-electron chi connectivity index (χ1n) is 5.72. The lowest BCUT2D eigenvalue weighted by atomic mass is 9.57. The zero-order valence-electron chi connectivity index (χ0n) is 9.40. The van der Waals surface area contributed by atoms with E-state index in [-0.39, 0.29) is 17.6 Å². The topological polar surface area (TPSA) is 93.8 Å². The Kier molecular flexibility index (Phi) is 2.85. The fourth-order valence-corrected chi connectivity index (χ4v) is 2.96. The van der Waals surface area contributed by atoms with Gasteiger partial charge in [-0.05, 0) is 12.8 Å². The first kappa shape index (κ1) is 11.6. The van der Waals surface area contributed by atoms with Crippen LogP contribution in [0.25, 0.3) is 0 Å². The molecule has 5 nitrogen and oxygen atoms in total. The second-order valence-electron chi connectivity index (χ2n) is 4.76. The van der Waals surface area contributed by atoms with Gasteiger partial charge in [0.1, 0.15) is 11.7 Å². The molecule has 1 aliphatic heterocycles. The third-order valence-corrected chi connectivity index (χ3v) is 4.04. The molecule has 1 saturated heterocycles. The number of hydrogen-bond donors (Lipinski definition) is 1. The summed E-state index contributed by atoms with van der Waals surface area (Å²) in [5.74, 6) is -1.30. The molecule has 1 spiro atoms. The molecule has 0 aromatic carbocycles. The first-order chi connectivity index (χ1) is 8.14. The summed E-state index contributed by atoms with van der Waals surface area (Å²) >= 11 is 0. The maximum atomic E-state index is 11.7. The zero-order chi connectivity index (χ0) is 12.5. The van der Waals surface area contributed by atoms with Gasteiger partial charge in [0.15, 0.2) is 0 Å². The van der Waals surface area contributed by atoms with Crippen LogP contribution in [0, 0.1) is 39.9 Å². The molecule has 0 aromatic heterocycles. The fraction of sp³-hybridized carbons (Fsp3) is 0.667. The van der Waals surface area contributed by atoms with Crippen molar-refractivity contribution in [3.63, 3.8) is 0 Å². The van der Waals surface area contributed by atoms with Crippen LogP contribution >= 0.6 is 0 Å². The lowest BCUT2D eigenvalue weighted by Crippen LogP contribution is -2.55. The molecule has 1 heterocycles. The number of rotatable bonds is 0. The summed E-state index contributed by atoms with van der Waals surface area (Å²) in [5.41, 5.74) is -0.611. The summed E-state index contributed by atoms with van der Waals surface area (Å²) in [6, 6.07) is 4.21. The van der Waals surface area contributed by atoms with E-state index >= 15 is 0 Å². The molecule has 2 fully saturated rings. The van der Waals surface area contributed by atoms with E-state index in [1.54, 1.807) is 0 Å². The van der Waals surface area contributed by atoms with Gasteiger partial charge < -0.3 is 5.32 Å². The van der Waals surface area contributed by atoms with Crippen LogP contribution in [0.5, 0.6) is 0 Å². The van der Waals surface area contributed by atoms with E-state index in [2.05, 4.69) is 11.4 Å². The largest absolute Gasteiger partial charge is 0.354 e. The van der Waals surface area contributed by atoms with Gasteiger partial charge >= 0.3 is 0 Å². The maximum absolute atomic E-state index is 11.7. The van der Waals surface area contributed by atoms with Crippen LogP contribution in [0.3, 0.4) is 0 Å². The SMILES string of the molecule is N#CC1CNC(=O)C(C#N)C12CCC(=O)CC2. The van der Waals surface area contributed by atoms with Gasteiger partial charge in [-0.1, -0.05) is 0 Å². The van der Waals surface area contributed by atoms with Crippen molar-refractivity contribution in [1.82, 2.24) is 5.32 Å². The fourth-order valence-electron chi connectivity index (χ4n) is 2.96. The average molecular weight is 231 g/mol. The predicted molar refractivity (Wildman–Crippen MR) is 57.1 cm³/mol. The highest BCUT2D eigenvalue weighted by Gasteiger charge is 2.53. The number of nitrogens with zero attached hydrogens (tertiary/aromatic N) is 2. The van der Waals surface area contributed by atoms with E-state index in [4.69, 9.17) is 5.26 Å². The number of piperidine rings is 1. The zero-order valence-corrected chi connectivity index (χ0v) is 9.40. The summed E-state index contributed by atoms with van der Waals surface area (Å²) in [6.07, 6.45) is 1.72. The van der Waals surface area contributed by atoms with Crippen molar-refractivity contribution < 1.29 is 9.59 Å². The quantitative estimate of drug-likeness (QED) is 0.657. The van der Waals surface area contributed by atoms with E-state index in [0.717, 1.165) is 0 Å². The van der Waals surface area contributed by atoms with Crippen molar-refractivity contribution >= 4 is 11.7 Å². The average Bonchev–Trinajstić information content (AvgIpc) is 2.34. The lowest BCUT2D eigenvalue weighted by molar-refractivity contribution is -0.137. The van der Waals surface area contributed by atoms with Crippen LogP contribution in [0.1, 0.15) is 25.7 Å². The minimum absolute atomic E-state index is 0.162. The van der Waals surface area contributed by atoms with E-state index in [1.807, 2.05) is 6.07 Å². The molecule has 1 N–H and O–H groups in total. The van der Waals surface area contributed by atoms with Crippen LogP contribution in [-0.2, 0) is 9.59 Å². The van der Waals surface area contributed by atoms with E-state index in [0.29, 0.717) is 32.2 Å². The molecule has 5 heteroatoms.